The Balaban J connectivity index is 1.24. The maximum atomic E-state index is 5.61. The molecule has 1 aromatic rings. The van der Waals surface area contributed by atoms with Crippen LogP contribution in [-0.4, -0.2) is 22.5 Å². The highest BCUT2D eigenvalue weighted by atomic mass is 16.6. The normalized spacial score (nSPS) is 40.8. The number of hydrogen-bond acceptors (Lipinski definition) is 6. The van der Waals surface area contributed by atoms with E-state index in [0.29, 0.717) is 42.1 Å². The molecule has 170 valence electrons. The van der Waals surface area contributed by atoms with E-state index in [1.165, 1.54) is 44.9 Å². The zero-order valence-corrected chi connectivity index (χ0v) is 19.4. The van der Waals surface area contributed by atoms with Crippen LogP contribution in [0.5, 0.6) is 0 Å². The van der Waals surface area contributed by atoms with Crippen molar-refractivity contribution in [2.24, 2.45) is 45.4 Å². The van der Waals surface area contributed by atoms with Gasteiger partial charge in [-0.15, -0.1) is 0 Å². The number of allylic oxidation sites excluding steroid dienone is 2. The van der Waals surface area contributed by atoms with Gasteiger partial charge in [-0.05, 0) is 91.9 Å². The van der Waals surface area contributed by atoms with Gasteiger partial charge in [0.25, 0.3) is 0 Å². The van der Waals surface area contributed by atoms with Gasteiger partial charge in [-0.25, -0.2) is 0 Å². The molecule has 0 radical (unpaired) electrons. The molecule has 0 aromatic carbocycles. The summed E-state index contributed by atoms with van der Waals surface area (Å²) in [7, 11) is 0. The van der Waals surface area contributed by atoms with Crippen molar-refractivity contribution in [3.8, 4) is 0 Å². The first-order valence-corrected chi connectivity index (χ1v) is 12.4. The Morgan fingerprint density at radius 3 is 2.84 bits per heavy atom. The molecular weight excluding hydrogens is 388 g/mol. The smallest absolute Gasteiger partial charge is 0.230 e. The fraction of sp³-hybridized carbons (Fsp3) is 0.800. The molecule has 1 aromatic heterocycles. The molecule has 1 heterocycles. The van der Waals surface area contributed by atoms with E-state index in [-0.39, 0.29) is 0 Å². The number of nitrogens with zero attached hydrogens (tertiary/aromatic N) is 3. The average molecular weight is 427 g/mol. The van der Waals surface area contributed by atoms with Crippen molar-refractivity contribution in [3.05, 3.63) is 23.4 Å². The summed E-state index contributed by atoms with van der Waals surface area (Å²) in [6.45, 7) is 8.40. The van der Waals surface area contributed by atoms with Gasteiger partial charge in [0.05, 0.1) is 18.7 Å². The third-order valence-electron chi connectivity index (χ3n) is 9.73. The van der Waals surface area contributed by atoms with E-state index in [1.807, 2.05) is 0 Å². The van der Waals surface area contributed by atoms with Crippen LogP contribution >= 0.6 is 0 Å². The Hall–Kier alpha value is -1.69. The predicted octanol–water partition coefficient (Wildman–Crippen LogP) is 5.04. The van der Waals surface area contributed by atoms with E-state index in [2.05, 4.69) is 42.1 Å². The molecule has 0 spiro atoms. The second-order valence-corrected chi connectivity index (χ2v) is 11.0. The van der Waals surface area contributed by atoms with Crippen LogP contribution in [0.25, 0.3) is 0 Å². The zero-order valence-electron chi connectivity index (χ0n) is 19.4. The lowest BCUT2D eigenvalue weighted by Gasteiger charge is -2.58. The van der Waals surface area contributed by atoms with Gasteiger partial charge in [0, 0.05) is 0 Å². The van der Waals surface area contributed by atoms with Gasteiger partial charge in [-0.2, -0.15) is 4.98 Å². The standard InChI is InChI=1S/C25H38N4O2/c1-16-4-7-20-19-6-5-17-14-18(28-30-13-10-23-27-22(15-26)29-31-23)8-11-25(17,3)21(19)9-12-24(16,20)2/h14,16,19-21H,4-13,15,26H2,1-3H3/t16-,19?,20?,21?,24+,25-/m0/s1. The fourth-order valence-electron chi connectivity index (χ4n) is 7.64. The lowest BCUT2D eigenvalue weighted by Crippen LogP contribution is -2.50. The molecule has 6 atom stereocenters. The molecule has 3 unspecified atom stereocenters. The van der Waals surface area contributed by atoms with Crippen LogP contribution in [0, 0.1) is 34.5 Å². The summed E-state index contributed by atoms with van der Waals surface area (Å²) in [6.07, 6.45) is 13.5. The molecule has 6 nitrogen and oxygen atoms in total. The first-order chi connectivity index (χ1) is 14.9. The van der Waals surface area contributed by atoms with E-state index >= 15 is 0 Å². The van der Waals surface area contributed by atoms with Crippen molar-refractivity contribution in [2.45, 2.75) is 85.1 Å². The van der Waals surface area contributed by atoms with Crippen LogP contribution in [0.4, 0.5) is 0 Å². The number of oxime groups is 1. The molecule has 31 heavy (non-hydrogen) atoms. The van der Waals surface area contributed by atoms with Crippen LogP contribution in [0.15, 0.2) is 21.3 Å². The number of hydrogen-bond donors (Lipinski definition) is 1. The monoisotopic (exact) mass is 426 g/mol. The number of fused-ring (bicyclic) bond motifs is 5. The van der Waals surface area contributed by atoms with Crippen molar-refractivity contribution in [2.75, 3.05) is 6.61 Å². The summed E-state index contributed by atoms with van der Waals surface area (Å²) in [5.74, 6) is 4.71. The number of nitrogens with two attached hydrogens (primary N) is 1. The summed E-state index contributed by atoms with van der Waals surface area (Å²) in [5, 5.41) is 8.26. The molecule has 4 aliphatic carbocycles. The first kappa shape index (κ1) is 21.2. The minimum absolute atomic E-state index is 0.292. The predicted molar refractivity (Wildman–Crippen MR) is 120 cm³/mol. The Labute approximate surface area is 186 Å². The third-order valence-corrected chi connectivity index (χ3v) is 9.73. The van der Waals surface area contributed by atoms with Gasteiger partial charge >= 0.3 is 0 Å². The maximum Gasteiger partial charge on any atom is 0.230 e. The first-order valence-electron chi connectivity index (χ1n) is 12.4. The fourth-order valence-corrected chi connectivity index (χ4v) is 7.64. The maximum absolute atomic E-state index is 5.61. The molecule has 4 aliphatic rings. The highest BCUT2D eigenvalue weighted by Gasteiger charge is 2.57. The van der Waals surface area contributed by atoms with Crippen molar-refractivity contribution in [1.29, 1.82) is 0 Å². The zero-order chi connectivity index (χ0) is 21.6. The molecule has 0 saturated heterocycles. The molecule has 0 amide bonds. The van der Waals surface area contributed by atoms with Crippen molar-refractivity contribution in [3.63, 3.8) is 0 Å². The highest BCUT2D eigenvalue weighted by molar-refractivity contribution is 5.96. The molecule has 6 heteroatoms. The average Bonchev–Trinajstić information content (AvgIpc) is 3.35. The van der Waals surface area contributed by atoms with Crippen LogP contribution in [0.3, 0.4) is 0 Å². The Morgan fingerprint density at radius 1 is 1.16 bits per heavy atom. The van der Waals surface area contributed by atoms with Gasteiger partial charge in [-0.3, -0.25) is 0 Å². The van der Waals surface area contributed by atoms with Gasteiger partial charge < -0.3 is 15.1 Å². The van der Waals surface area contributed by atoms with E-state index in [1.54, 1.807) is 5.57 Å². The van der Waals surface area contributed by atoms with Gasteiger partial charge in [0.2, 0.25) is 5.89 Å². The summed E-state index contributed by atoms with van der Waals surface area (Å²) in [4.78, 5) is 9.81. The van der Waals surface area contributed by atoms with Gasteiger partial charge in [0.1, 0.15) is 6.61 Å². The largest absolute Gasteiger partial charge is 0.395 e. The van der Waals surface area contributed by atoms with Crippen LogP contribution in [0.2, 0.25) is 0 Å². The summed E-state index contributed by atoms with van der Waals surface area (Å²) >= 11 is 0. The molecule has 5 rings (SSSR count). The van der Waals surface area contributed by atoms with Crippen LogP contribution in [-0.2, 0) is 17.8 Å². The Morgan fingerprint density at radius 2 is 2.03 bits per heavy atom. The van der Waals surface area contributed by atoms with E-state index in [0.717, 1.165) is 35.8 Å². The SMILES string of the molecule is C[C@H]1CCC2C3CCC4=CC(=NOCCc5nc(CN)no5)CC[C@]4(C)C3CC[C@@]21C. The second-order valence-electron chi connectivity index (χ2n) is 11.0. The van der Waals surface area contributed by atoms with Crippen molar-refractivity contribution >= 4 is 5.71 Å². The number of rotatable bonds is 5. The van der Waals surface area contributed by atoms with Crippen LogP contribution < -0.4 is 5.73 Å². The van der Waals surface area contributed by atoms with Gasteiger partial charge in [-0.1, -0.05) is 36.7 Å². The molecule has 3 fully saturated rings. The second kappa shape index (κ2) is 8.02. The van der Waals surface area contributed by atoms with Crippen LogP contribution in [0.1, 0.15) is 83.9 Å². The van der Waals surface area contributed by atoms with E-state index in [4.69, 9.17) is 15.1 Å². The Kier molecular flexibility index (Phi) is 5.48. The Bertz CT molecular complexity index is 877. The molecule has 2 N–H and O–H groups in total. The van der Waals surface area contributed by atoms with E-state index < -0.39 is 0 Å². The lowest BCUT2D eigenvalue weighted by molar-refractivity contribution is -0.0465. The minimum Gasteiger partial charge on any atom is -0.395 e. The number of aromatic nitrogens is 2. The summed E-state index contributed by atoms with van der Waals surface area (Å²) in [6, 6.07) is 0. The van der Waals surface area contributed by atoms with Gasteiger partial charge in [0.15, 0.2) is 5.82 Å². The van der Waals surface area contributed by atoms with E-state index in [9.17, 15) is 0 Å². The topological polar surface area (TPSA) is 86.5 Å². The quantitative estimate of drug-likeness (QED) is 0.526. The molecule has 0 bridgehead atoms. The molecule has 0 aliphatic heterocycles. The molecular formula is C25H38N4O2. The summed E-state index contributed by atoms with van der Waals surface area (Å²) in [5.41, 5.74) is 9.19. The van der Waals surface area contributed by atoms with Crippen molar-refractivity contribution in [1.82, 2.24) is 10.1 Å². The van der Waals surface area contributed by atoms with Crippen molar-refractivity contribution < 1.29 is 9.36 Å². The third kappa shape index (κ3) is 3.55. The minimum atomic E-state index is 0.292. The molecule has 3 saturated carbocycles. The summed E-state index contributed by atoms with van der Waals surface area (Å²) < 4.78 is 5.14. The lowest BCUT2D eigenvalue weighted by atomic mass is 9.47. The highest BCUT2D eigenvalue weighted by Crippen LogP contribution is 2.66.